The first-order valence-corrected chi connectivity index (χ1v) is 10.3. The molecule has 1 aliphatic rings. The number of thioether (sulfide) groups is 1. The number of nitro groups is 1. The number of hydrogen-bond donors (Lipinski definition) is 0. The molecule has 29 heavy (non-hydrogen) atoms. The van der Waals surface area contributed by atoms with Crippen LogP contribution in [0.25, 0.3) is 6.08 Å². The van der Waals surface area contributed by atoms with Gasteiger partial charge in [0.15, 0.2) is 5.17 Å². The number of rotatable bonds is 6. The molecule has 2 aromatic carbocycles. The van der Waals surface area contributed by atoms with Crippen molar-refractivity contribution in [2.75, 3.05) is 6.54 Å². The van der Waals surface area contributed by atoms with Gasteiger partial charge in [-0.1, -0.05) is 50.6 Å². The second kappa shape index (κ2) is 9.05. The number of carbonyl (C=O) groups excluding carboxylic acids is 1. The number of amidine groups is 1. The Morgan fingerprint density at radius 1 is 1.24 bits per heavy atom. The number of nitro benzene ring substituents is 1. The van der Waals surface area contributed by atoms with Crippen molar-refractivity contribution in [1.29, 1.82) is 0 Å². The van der Waals surface area contributed by atoms with Gasteiger partial charge in [0.1, 0.15) is 0 Å². The first-order valence-electron chi connectivity index (χ1n) is 9.49. The van der Waals surface area contributed by atoms with Crippen LogP contribution in [0, 0.1) is 23.0 Å². The van der Waals surface area contributed by atoms with Crippen LogP contribution < -0.4 is 0 Å². The van der Waals surface area contributed by atoms with Crippen LogP contribution in [-0.4, -0.2) is 27.4 Å². The maximum atomic E-state index is 13.1. The molecular weight excluding hydrogens is 386 g/mol. The van der Waals surface area contributed by atoms with E-state index >= 15 is 0 Å². The third kappa shape index (κ3) is 4.92. The highest BCUT2D eigenvalue weighted by molar-refractivity contribution is 8.18. The van der Waals surface area contributed by atoms with Crippen LogP contribution in [0.1, 0.15) is 31.4 Å². The third-order valence-corrected chi connectivity index (χ3v) is 5.79. The molecule has 0 aromatic heterocycles. The lowest BCUT2D eigenvalue weighted by molar-refractivity contribution is -0.385. The van der Waals surface area contributed by atoms with Gasteiger partial charge in [-0.25, -0.2) is 4.99 Å². The molecule has 1 heterocycles. The summed E-state index contributed by atoms with van der Waals surface area (Å²) < 4.78 is 0. The highest BCUT2D eigenvalue weighted by Crippen LogP contribution is 2.35. The summed E-state index contributed by atoms with van der Waals surface area (Å²) in [6, 6.07) is 14.5. The predicted octanol–water partition coefficient (Wildman–Crippen LogP) is 5.55. The Labute approximate surface area is 174 Å². The van der Waals surface area contributed by atoms with Gasteiger partial charge in [-0.2, -0.15) is 0 Å². The fourth-order valence-electron chi connectivity index (χ4n) is 2.87. The second-order valence-corrected chi connectivity index (χ2v) is 8.08. The zero-order chi connectivity index (χ0) is 21.0. The number of para-hydroxylation sites is 1. The van der Waals surface area contributed by atoms with E-state index in [9.17, 15) is 14.9 Å². The van der Waals surface area contributed by atoms with Crippen molar-refractivity contribution in [1.82, 2.24) is 4.90 Å². The molecule has 1 atom stereocenters. The third-order valence-electron chi connectivity index (χ3n) is 4.79. The number of carbonyl (C=O) groups is 1. The van der Waals surface area contributed by atoms with Crippen LogP contribution in [0.15, 0.2) is 58.4 Å². The van der Waals surface area contributed by atoms with Crippen molar-refractivity contribution in [3.63, 3.8) is 0 Å². The molecule has 3 rings (SSSR count). The maximum Gasteiger partial charge on any atom is 0.272 e. The fraction of sp³-hybridized carbons (Fsp3) is 0.273. The van der Waals surface area contributed by atoms with Crippen molar-refractivity contribution in [3.8, 4) is 0 Å². The molecule has 1 saturated heterocycles. The topological polar surface area (TPSA) is 75.8 Å². The summed E-state index contributed by atoms with van der Waals surface area (Å²) in [5, 5.41) is 11.9. The van der Waals surface area contributed by atoms with Crippen molar-refractivity contribution in [2.45, 2.75) is 27.2 Å². The predicted molar refractivity (Wildman–Crippen MR) is 118 cm³/mol. The van der Waals surface area contributed by atoms with Crippen molar-refractivity contribution in [3.05, 3.63) is 74.7 Å². The van der Waals surface area contributed by atoms with Gasteiger partial charge in [0, 0.05) is 18.2 Å². The van der Waals surface area contributed by atoms with Crippen LogP contribution in [-0.2, 0) is 4.79 Å². The SMILES string of the molecule is CCC(C)CN1C(=O)/C(=C/c2ccc(C)c([N+](=O)[O-])c2)SC1=Nc1ccccc1. The Morgan fingerprint density at radius 2 is 1.97 bits per heavy atom. The standard InChI is InChI=1S/C22H23N3O3S/c1-4-15(2)14-24-21(26)20(29-22(24)23-18-8-6-5-7-9-18)13-17-11-10-16(3)19(12-17)25(27)28/h5-13,15H,4,14H2,1-3H3/b20-13-,23-22?. The summed E-state index contributed by atoms with van der Waals surface area (Å²) in [5.74, 6) is 0.216. The van der Waals surface area contributed by atoms with Crippen molar-refractivity contribution < 1.29 is 9.72 Å². The van der Waals surface area contributed by atoms with E-state index in [2.05, 4.69) is 18.8 Å². The Bertz CT molecular complexity index is 986. The van der Waals surface area contributed by atoms with E-state index in [4.69, 9.17) is 0 Å². The minimum Gasteiger partial charge on any atom is -0.286 e. The monoisotopic (exact) mass is 409 g/mol. The summed E-state index contributed by atoms with van der Waals surface area (Å²) in [7, 11) is 0. The summed E-state index contributed by atoms with van der Waals surface area (Å²) in [6.45, 7) is 6.47. The number of aryl methyl sites for hydroxylation is 1. The molecule has 1 aliphatic heterocycles. The first kappa shape index (κ1) is 20.8. The lowest BCUT2D eigenvalue weighted by Crippen LogP contribution is -2.33. The smallest absolute Gasteiger partial charge is 0.272 e. The van der Waals surface area contributed by atoms with Gasteiger partial charge in [0.25, 0.3) is 11.6 Å². The highest BCUT2D eigenvalue weighted by atomic mass is 32.2. The minimum absolute atomic E-state index is 0.0458. The molecule has 0 aliphatic carbocycles. The molecule has 0 radical (unpaired) electrons. The molecule has 6 nitrogen and oxygen atoms in total. The van der Waals surface area contributed by atoms with Crippen molar-refractivity contribution in [2.24, 2.45) is 10.9 Å². The first-order chi connectivity index (χ1) is 13.9. The lowest BCUT2D eigenvalue weighted by Gasteiger charge is -2.19. The van der Waals surface area contributed by atoms with Crippen LogP contribution in [0.2, 0.25) is 0 Å². The largest absolute Gasteiger partial charge is 0.286 e. The van der Waals surface area contributed by atoms with Gasteiger partial charge in [-0.3, -0.25) is 19.8 Å². The molecule has 0 spiro atoms. The summed E-state index contributed by atoms with van der Waals surface area (Å²) in [6.07, 6.45) is 2.66. The molecular formula is C22H23N3O3S. The number of nitrogens with zero attached hydrogens (tertiary/aromatic N) is 3. The average Bonchev–Trinajstić information content (AvgIpc) is 2.98. The quantitative estimate of drug-likeness (QED) is 0.356. The molecule has 1 fully saturated rings. The van der Waals surface area contributed by atoms with E-state index in [-0.39, 0.29) is 11.6 Å². The maximum absolute atomic E-state index is 13.1. The Morgan fingerprint density at radius 3 is 2.62 bits per heavy atom. The average molecular weight is 410 g/mol. The number of hydrogen-bond acceptors (Lipinski definition) is 5. The van der Waals surface area contributed by atoms with Gasteiger partial charge in [0.2, 0.25) is 0 Å². The van der Waals surface area contributed by atoms with E-state index < -0.39 is 4.92 Å². The summed E-state index contributed by atoms with van der Waals surface area (Å²) in [5.41, 5.74) is 2.04. The lowest BCUT2D eigenvalue weighted by atomic mass is 10.1. The van der Waals surface area contributed by atoms with Crippen molar-refractivity contribution >= 4 is 40.3 Å². The molecule has 1 unspecified atom stereocenters. The Kier molecular flexibility index (Phi) is 6.49. The molecule has 2 aromatic rings. The Balaban J connectivity index is 1.97. The van der Waals surface area contributed by atoms with E-state index in [1.165, 1.54) is 17.8 Å². The Hall–Kier alpha value is -2.93. The molecule has 0 saturated carbocycles. The number of amides is 1. The van der Waals surface area contributed by atoms with Crippen LogP contribution in [0.3, 0.4) is 0 Å². The fourth-order valence-corrected chi connectivity index (χ4v) is 3.88. The summed E-state index contributed by atoms with van der Waals surface area (Å²) >= 11 is 1.31. The van der Waals surface area contributed by atoms with E-state index in [1.54, 1.807) is 30.0 Å². The number of aliphatic imine (C=N–C) groups is 1. The normalized spacial score (nSPS) is 17.9. The van der Waals surface area contributed by atoms with Gasteiger partial charge in [0.05, 0.1) is 15.5 Å². The molecule has 1 amide bonds. The van der Waals surface area contributed by atoms with Crippen LogP contribution in [0.4, 0.5) is 11.4 Å². The minimum atomic E-state index is -0.404. The van der Waals surface area contributed by atoms with E-state index in [0.29, 0.717) is 33.7 Å². The molecule has 7 heteroatoms. The molecule has 0 bridgehead atoms. The van der Waals surface area contributed by atoms with E-state index in [1.807, 2.05) is 30.3 Å². The van der Waals surface area contributed by atoms with Crippen LogP contribution >= 0.6 is 11.8 Å². The molecule has 0 N–H and O–H groups in total. The zero-order valence-corrected chi connectivity index (χ0v) is 17.5. The van der Waals surface area contributed by atoms with Gasteiger partial charge >= 0.3 is 0 Å². The highest BCUT2D eigenvalue weighted by Gasteiger charge is 2.34. The van der Waals surface area contributed by atoms with Gasteiger partial charge < -0.3 is 0 Å². The number of benzene rings is 2. The van der Waals surface area contributed by atoms with Gasteiger partial charge in [-0.15, -0.1) is 0 Å². The van der Waals surface area contributed by atoms with E-state index in [0.717, 1.165) is 12.1 Å². The summed E-state index contributed by atoms with van der Waals surface area (Å²) in [4.78, 5) is 30.8. The molecule has 150 valence electrons. The van der Waals surface area contributed by atoms with Crippen LogP contribution in [0.5, 0.6) is 0 Å². The zero-order valence-electron chi connectivity index (χ0n) is 16.7. The second-order valence-electron chi connectivity index (χ2n) is 7.07. The van der Waals surface area contributed by atoms with Gasteiger partial charge in [-0.05, 0) is 48.4 Å².